The lowest BCUT2D eigenvalue weighted by Gasteiger charge is -2.34. The number of rotatable bonds is 6. The van der Waals surface area contributed by atoms with Gasteiger partial charge >= 0.3 is 0 Å². The zero-order valence-electron chi connectivity index (χ0n) is 15.7. The molecule has 1 heterocycles. The van der Waals surface area contributed by atoms with Crippen LogP contribution < -0.4 is 15.5 Å². The number of hydrogen-bond acceptors (Lipinski definition) is 4. The van der Waals surface area contributed by atoms with Crippen molar-refractivity contribution in [1.29, 1.82) is 0 Å². The number of piperazine rings is 1. The second-order valence-electron chi connectivity index (χ2n) is 6.88. The third kappa shape index (κ3) is 4.99. The van der Waals surface area contributed by atoms with E-state index in [0.717, 1.165) is 37.6 Å². The van der Waals surface area contributed by atoms with Crippen LogP contribution in [0.5, 0.6) is 0 Å². The standard InChI is InChI=1S/C21H28N4O/c1-17-5-3-4-6-20(17)22-12-11-21(26)23-18-7-9-19(10-8-18)25-15-13-24(2)14-16-25/h3-10,22H,11-16H2,1-2H3,(H,23,26). The van der Waals surface area contributed by atoms with Crippen LogP contribution in [0, 0.1) is 6.92 Å². The van der Waals surface area contributed by atoms with Crippen LogP contribution in [0.2, 0.25) is 0 Å². The summed E-state index contributed by atoms with van der Waals surface area (Å²) in [6.07, 6.45) is 0.439. The first-order valence-electron chi connectivity index (χ1n) is 9.25. The summed E-state index contributed by atoms with van der Waals surface area (Å²) in [5.74, 6) is 0.0263. The Hall–Kier alpha value is -2.53. The van der Waals surface area contributed by atoms with Crippen LogP contribution in [-0.2, 0) is 4.79 Å². The number of carbonyl (C=O) groups is 1. The Bertz CT molecular complexity index is 721. The number of carbonyl (C=O) groups excluding carboxylic acids is 1. The van der Waals surface area contributed by atoms with Gasteiger partial charge < -0.3 is 20.4 Å². The molecule has 2 aromatic carbocycles. The Kier molecular flexibility index (Phi) is 6.12. The fraction of sp³-hybridized carbons (Fsp3) is 0.381. The van der Waals surface area contributed by atoms with Crippen molar-refractivity contribution in [1.82, 2.24) is 4.90 Å². The summed E-state index contributed by atoms with van der Waals surface area (Å²) >= 11 is 0. The van der Waals surface area contributed by atoms with Gasteiger partial charge in [-0.15, -0.1) is 0 Å². The number of amides is 1. The van der Waals surface area contributed by atoms with Crippen LogP contribution >= 0.6 is 0 Å². The van der Waals surface area contributed by atoms with Gasteiger partial charge in [-0.1, -0.05) is 18.2 Å². The molecule has 0 aromatic heterocycles. The maximum atomic E-state index is 12.1. The number of nitrogens with zero attached hydrogens (tertiary/aromatic N) is 2. The molecule has 5 nitrogen and oxygen atoms in total. The van der Waals surface area contributed by atoms with Crippen LogP contribution in [-0.4, -0.2) is 50.6 Å². The Balaban J connectivity index is 1.45. The summed E-state index contributed by atoms with van der Waals surface area (Å²) in [6.45, 7) is 6.96. The highest BCUT2D eigenvalue weighted by Crippen LogP contribution is 2.19. The van der Waals surface area contributed by atoms with Gasteiger partial charge in [0.15, 0.2) is 0 Å². The molecule has 5 heteroatoms. The molecule has 2 N–H and O–H groups in total. The van der Waals surface area contributed by atoms with Gasteiger partial charge in [0.05, 0.1) is 0 Å². The predicted octanol–water partition coefficient (Wildman–Crippen LogP) is 3.19. The second-order valence-corrected chi connectivity index (χ2v) is 6.88. The summed E-state index contributed by atoms with van der Waals surface area (Å²) < 4.78 is 0. The minimum Gasteiger partial charge on any atom is -0.384 e. The Morgan fingerprint density at radius 1 is 1.00 bits per heavy atom. The monoisotopic (exact) mass is 352 g/mol. The lowest BCUT2D eigenvalue weighted by Crippen LogP contribution is -2.44. The fourth-order valence-corrected chi connectivity index (χ4v) is 3.13. The van der Waals surface area contributed by atoms with Crippen molar-refractivity contribution in [3.8, 4) is 0 Å². The van der Waals surface area contributed by atoms with Crippen LogP contribution in [0.4, 0.5) is 17.1 Å². The van der Waals surface area contributed by atoms with E-state index in [1.807, 2.05) is 30.3 Å². The summed E-state index contributed by atoms with van der Waals surface area (Å²) in [4.78, 5) is 16.9. The van der Waals surface area contributed by atoms with E-state index in [1.165, 1.54) is 11.3 Å². The zero-order valence-corrected chi connectivity index (χ0v) is 15.7. The van der Waals surface area contributed by atoms with Crippen molar-refractivity contribution in [2.45, 2.75) is 13.3 Å². The molecular weight excluding hydrogens is 324 g/mol. The molecule has 138 valence electrons. The lowest BCUT2D eigenvalue weighted by atomic mass is 10.2. The van der Waals surface area contributed by atoms with E-state index in [9.17, 15) is 4.79 Å². The minimum absolute atomic E-state index is 0.0263. The van der Waals surface area contributed by atoms with Crippen LogP contribution in [0.25, 0.3) is 0 Å². The number of hydrogen-bond donors (Lipinski definition) is 2. The number of nitrogens with one attached hydrogen (secondary N) is 2. The molecule has 1 aliphatic rings. The molecule has 0 unspecified atom stereocenters. The summed E-state index contributed by atoms with van der Waals surface area (Å²) in [5, 5.41) is 6.29. The number of para-hydroxylation sites is 1. The SMILES string of the molecule is Cc1ccccc1NCCC(=O)Nc1ccc(N2CCN(C)CC2)cc1. The number of benzene rings is 2. The van der Waals surface area contributed by atoms with Crippen LogP contribution in [0.1, 0.15) is 12.0 Å². The molecule has 0 saturated carbocycles. The van der Waals surface area contributed by atoms with Crippen molar-refractivity contribution >= 4 is 23.0 Å². The average Bonchev–Trinajstić information content (AvgIpc) is 2.65. The second kappa shape index (κ2) is 8.72. The highest BCUT2D eigenvalue weighted by molar-refractivity contribution is 5.91. The first kappa shape index (κ1) is 18.3. The third-order valence-electron chi connectivity index (χ3n) is 4.83. The molecule has 26 heavy (non-hydrogen) atoms. The molecule has 0 atom stereocenters. The third-order valence-corrected chi connectivity index (χ3v) is 4.83. The highest BCUT2D eigenvalue weighted by Gasteiger charge is 2.14. The first-order valence-corrected chi connectivity index (χ1v) is 9.25. The van der Waals surface area contributed by atoms with E-state index < -0.39 is 0 Å². The van der Waals surface area contributed by atoms with Gasteiger partial charge in [0.2, 0.25) is 5.91 Å². The lowest BCUT2D eigenvalue weighted by molar-refractivity contribution is -0.115. The van der Waals surface area contributed by atoms with Gasteiger partial charge in [-0.05, 0) is 49.9 Å². The first-order chi connectivity index (χ1) is 12.6. The fourth-order valence-electron chi connectivity index (χ4n) is 3.13. The van der Waals surface area contributed by atoms with Crippen molar-refractivity contribution in [2.24, 2.45) is 0 Å². The van der Waals surface area contributed by atoms with Gasteiger partial charge in [0.25, 0.3) is 0 Å². The number of anilines is 3. The summed E-state index contributed by atoms with van der Waals surface area (Å²) in [7, 11) is 2.16. The van der Waals surface area contributed by atoms with Crippen LogP contribution in [0.3, 0.4) is 0 Å². The molecule has 1 aliphatic heterocycles. The van der Waals surface area contributed by atoms with Gasteiger partial charge in [-0.2, -0.15) is 0 Å². The van der Waals surface area contributed by atoms with Gasteiger partial charge in [0, 0.05) is 56.2 Å². The smallest absolute Gasteiger partial charge is 0.226 e. The quantitative estimate of drug-likeness (QED) is 0.838. The minimum atomic E-state index is 0.0263. The maximum absolute atomic E-state index is 12.1. The van der Waals surface area contributed by atoms with Crippen LogP contribution in [0.15, 0.2) is 48.5 Å². The molecule has 2 aromatic rings. The molecular formula is C21H28N4O. The van der Waals surface area contributed by atoms with Crippen molar-refractivity contribution in [3.05, 3.63) is 54.1 Å². The highest BCUT2D eigenvalue weighted by atomic mass is 16.1. The molecule has 1 amide bonds. The Labute approximate surface area is 156 Å². The van der Waals surface area contributed by atoms with E-state index in [0.29, 0.717) is 13.0 Å². The van der Waals surface area contributed by atoms with Crippen molar-refractivity contribution < 1.29 is 4.79 Å². The average molecular weight is 352 g/mol. The van der Waals surface area contributed by atoms with Crippen molar-refractivity contribution in [2.75, 3.05) is 55.3 Å². The Morgan fingerprint density at radius 2 is 1.69 bits per heavy atom. The van der Waals surface area contributed by atoms with E-state index in [-0.39, 0.29) is 5.91 Å². The summed E-state index contributed by atoms with van der Waals surface area (Å²) in [6, 6.07) is 16.3. The van der Waals surface area contributed by atoms with Gasteiger partial charge in [-0.25, -0.2) is 0 Å². The van der Waals surface area contributed by atoms with Gasteiger partial charge in [0.1, 0.15) is 0 Å². The molecule has 0 radical (unpaired) electrons. The zero-order chi connectivity index (χ0) is 18.4. The van der Waals surface area contributed by atoms with E-state index in [1.54, 1.807) is 0 Å². The maximum Gasteiger partial charge on any atom is 0.226 e. The van der Waals surface area contributed by atoms with E-state index in [4.69, 9.17) is 0 Å². The molecule has 3 rings (SSSR count). The number of likely N-dealkylation sites (N-methyl/N-ethyl adjacent to an activating group) is 1. The molecule has 1 fully saturated rings. The molecule has 0 bridgehead atoms. The summed E-state index contributed by atoms with van der Waals surface area (Å²) in [5.41, 5.74) is 4.34. The topological polar surface area (TPSA) is 47.6 Å². The molecule has 0 aliphatic carbocycles. The molecule has 1 saturated heterocycles. The molecule has 0 spiro atoms. The number of aryl methyl sites for hydroxylation is 1. The van der Waals surface area contributed by atoms with E-state index >= 15 is 0 Å². The van der Waals surface area contributed by atoms with Gasteiger partial charge in [-0.3, -0.25) is 4.79 Å². The largest absolute Gasteiger partial charge is 0.384 e. The predicted molar refractivity (Wildman–Crippen MR) is 109 cm³/mol. The Morgan fingerprint density at radius 3 is 2.38 bits per heavy atom. The van der Waals surface area contributed by atoms with E-state index in [2.05, 4.69) is 52.6 Å². The normalized spacial score (nSPS) is 14.9. The van der Waals surface area contributed by atoms with Crippen molar-refractivity contribution in [3.63, 3.8) is 0 Å².